The Morgan fingerprint density at radius 3 is 2.90 bits per heavy atom. The van der Waals surface area contributed by atoms with Crippen LogP contribution in [0.4, 0.5) is 5.69 Å². The van der Waals surface area contributed by atoms with Crippen molar-refractivity contribution in [1.29, 1.82) is 0 Å². The van der Waals surface area contributed by atoms with Crippen molar-refractivity contribution in [2.24, 2.45) is 5.92 Å². The number of rotatable bonds is 7. The van der Waals surface area contributed by atoms with Gasteiger partial charge in [-0.3, -0.25) is 14.0 Å². The van der Waals surface area contributed by atoms with Gasteiger partial charge in [-0.1, -0.05) is 12.1 Å². The van der Waals surface area contributed by atoms with Gasteiger partial charge in [-0.15, -0.1) is 5.10 Å². The molecule has 0 saturated carbocycles. The molecule has 3 heterocycles. The molecule has 0 aliphatic carbocycles. The monoisotopic (exact) mass is 409 g/mol. The van der Waals surface area contributed by atoms with Crippen molar-refractivity contribution in [3.8, 4) is 5.75 Å². The normalized spacial score (nSPS) is 16.2. The highest BCUT2D eigenvalue weighted by atomic mass is 16.5. The summed E-state index contributed by atoms with van der Waals surface area (Å²) in [6.07, 6.45) is 2.42. The molecule has 1 aliphatic rings. The highest BCUT2D eigenvalue weighted by Crippen LogP contribution is 2.27. The smallest absolute Gasteiger partial charge is 0.350 e. The van der Waals surface area contributed by atoms with E-state index in [2.05, 4.69) is 10.4 Å². The number of nitrogens with one attached hydrogen (secondary N) is 1. The van der Waals surface area contributed by atoms with Gasteiger partial charge in [0.1, 0.15) is 5.75 Å². The Balaban J connectivity index is 1.29. The van der Waals surface area contributed by atoms with Gasteiger partial charge in [0.15, 0.2) is 5.65 Å². The van der Waals surface area contributed by atoms with E-state index in [0.29, 0.717) is 37.5 Å². The van der Waals surface area contributed by atoms with Gasteiger partial charge in [0, 0.05) is 44.0 Å². The van der Waals surface area contributed by atoms with E-state index in [1.165, 1.54) is 9.08 Å². The number of carbonyl (C=O) groups is 2. The first-order valence-electron chi connectivity index (χ1n) is 9.83. The fraction of sp³-hybridized carbons (Fsp3) is 0.333. The van der Waals surface area contributed by atoms with Gasteiger partial charge >= 0.3 is 5.69 Å². The summed E-state index contributed by atoms with van der Waals surface area (Å²) >= 11 is 0. The van der Waals surface area contributed by atoms with Crippen LogP contribution in [0.1, 0.15) is 12.8 Å². The van der Waals surface area contributed by atoms with Crippen LogP contribution in [0.2, 0.25) is 0 Å². The third-order valence-electron chi connectivity index (χ3n) is 5.20. The van der Waals surface area contributed by atoms with Gasteiger partial charge in [-0.2, -0.15) is 0 Å². The molecule has 9 nitrogen and oxygen atoms in total. The first-order valence-corrected chi connectivity index (χ1v) is 9.83. The van der Waals surface area contributed by atoms with Crippen LogP contribution in [-0.2, 0) is 16.1 Å². The average molecular weight is 409 g/mol. The summed E-state index contributed by atoms with van der Waals surface area (Å²) in [4.78, 5) is 38.7. The maximum atomic E-state index is 12.5. The lowest BCUT2D eigenvalue weighted by atomic mass is 10.1. The van der Waals surface area contributed by atoms with E-state index in [1.807, 2.05) is 24.3 Å². The van der Waals surface area contributed by atoms with Crippen molar-refractivity contribution in [2.75, 3.05) is 25.1 Å². The van der Waals surface area contributed by atoms with Crippen LogP contribution < -0.4 is 20.6 Å². The predicted molar refractivity (Wildman–Crippen MR) is 111 cm³/mol. The summed E-state index contributed by atoms with van der Waals surface area (Å²) in [5.41, 5.74) is 1.11. The van der Waals surface area contributed by atoms with Crippen molar-refractivity contribution < 1.29 is 14.3 Å². The van der Waals surface area contributed by atoms with Crippen LogP contribution in [0.3, 0.4) is 0 Å². The summed E-state index contributed by atoms with van der Waals surface area (Å²) in [5, 5.41) is 7.14. The van der Waals surface area contributed by atoms with Gasteiger partial charge in [0.25, 0.3) is 0 Å². The molecule has 2 amide bonds. The van der Waals surface area contributed by atoms with Crippen molar-refractivity contribution in [3.05, 3.63) is 59.1 Å². The fourth-order valence-electron chi connectivity index (χ4n) is 3.61. The molecule has 1 aliphatic heterocycles. The topological polar surface area (TPSA) is 97.9 Å². The molecule has 9 heteroatoms. The second-order valence-corrected chi connectivity index (χ2v) is 7.19. The number of benzene rings is 1. The van der Waals surface area contributed by atoms with Crippen LogP contribution in [0.25, 0.3) is 5.65 Å². The third kappa shape index (κ3) is 3.91. The maximum Gasteiger partial charge on any atom is 0.350 e. The van der Waals surface area contributed by atoms with E-state index in [4.69, 9.17) is 4.74 Å². The second kappa shape index (κ2) is 8.40. The number of fused-ring (bicyclic) bond motifs is 1. The predicted octanol–water partition coefficient (Wildman–Crippen LogP) is 1.06. The minimum absolute atomic E-state index is 0.0837. The molecule has 0 spiro atoms. The molecular weight excluding hydrogens is 386 g/mol. The lowest BCUT2D eigenvalue weighted by Crippen LogP contribution is -2.34. The summed E-state index contributed by atoms with van der Waals surface area (Å²) in [7, 11) is 1.57. The van der Waals surface area contributed by atoms with Gasteiger partial charge in [-0.25, -0.2) is 9.48 Å². The number of amides is 2. The Morgan fingerprint density at radius 1 is 1.23 bits per heavy atom. The highest BCUT2D eigenvalue weighted by molar-refractivity contribution is 6.00. The van der Waals surface area contributed by atoms with Crippen LogP contribution in [-0.4, -0.2) is 46.2 Å². The number of pyridine rings is 1. The lowest BCUT2D eigenvalue weighted by Gasteiger charge is -2.17. The number of hydrogen-bond acceptors (Lipinski definition) is 5. The Morgan fingerprint density at radius 2 is 2.10 bits per heavy atom. The first kappa shape index (κ1) is 19.7. The number of methoxy groups -OCH3 is 1. The van der Waals surface area contributed by atoms with Gasteiger partial charge in [0.05, 0.1) is 13.0 Å². The largest absolute Gasteiger partial charge is 0.497 e. The van der Waals surface area contributed by atoms with Crippen LogP contribution in [0, 0.1) is 5.92 Å². The van der Waals surface area contributed by atoms with E-state index < -0.39 is 5.92 Å². The minimum Gasteiger partial charge on any atom is -0.497 e. The zero-order valence-corrected chi connectivity index (χ0v) is 16.7. The number of carbonyl (C=O) groups excluding carboxylic acids is 2. The zero-order chi connectivity index (χ0) is 21.1. The molecule has 0 bridgehead atoms. The third-order valence-corrected chi connectivity index (χ3v) is 5.20. The molecule has 1 fully saturated rings. The maximum absolute atomic E-state index is 12.5. The number of aromatic nitrogens is 3. The summed E-state index contributed by atoms with van der Waals surface area (Å²) < 4.78 is 8.08. The van der Waals surface area contributed by atoms with Crippen molar-refractivity contribution in [1.82, 2.24) is 19.5 Å². The first-order chi connectivity index (χ1) is 14.6. The Labute approximate surface area is 172 Å². The van der Waals surface area contributed by atoms with Crippen molar-refractivity contribution in [3.63, 3.8) is 0 Å². The summed E-state index contributed by atoms with van der Waals surface area (Å²) in [5.74, 6) is 0.0211. The summed E-state index contributed by atoms with van der Waals surface area (Å²) in [6.45, 7) is 1.15. The second-order valence-electron chi connectivity index (χ2n) is 7.19. The van der Waals surface area contributed by atoms with E-state index in [-0.39, 0.29) is 23.9 Å². The zero-order valence-electron chi connectivity index (χ0n) is 16.7. The van der Waals surface area contributed by atoms with E-state index in [0.717, 1.165) is 5.69 Å². The number of anilines is 1. The molecule has 1 N–H and O–H groups in total. The molecule has 3 aromatic rings. The fourth-order valence-corrected chi connectivity index (χ4v) is 3.61. The number of ether oxygens (including phenoxy) is 1. The Bertz CT molecular complexity index is 1140. The van der Waals surface area contributed by atoms with Gasteiger partial charge < -0.3 is 15.0 Å². The van der Waals surface area contributed by atoms with Crippen LogP contribution in [0.15, 0.2) is 53.5 Å². The molecule has 1 atom stereocenters. The Kier molecular flexibility index (Phi) is 5.51. The molecule has 1 saturated heterocycles. The standard InChI is InChI=1S/C21H23N5O4/c1-30-17-7-4-6-16(13-17)25-14-15(12-19(25)27)20(28)22-9-5-11-26-21(29)24-10-3-2-8-18(24)23-26/h2-4,6-8,10,13,15H,5,9,11-12,14H2,1H3,(H,22,28). The molecule has 30 heavy (non-hydrogen) atoms. The minimum atomic E-state index is -0.401. The molecular formula is C21H23N5O4. The lowest BCUT2D eigenvalue weighted by molar-refractivity contribution is -0.126. The molecule has 4 rings (SSSR count). The highest BCUT2D eigenvalue weighted by Gasteiger charge is 2.35. The van der Waals surface area contributed by atoms with Crippen molar-refractivity contribution in [2.45, 2.75) is 19.4 Å². The van der Waals surface area contributed by atoms with Gasteiger partial charge in [0.2, 0.25) is 11.8 Å². The number of aryl methyl sites for hydroxylation is 1. The summed E-state index contributed by atoms with van der Waals surface area (Å²) in [6, 6.07) is 12.6. The van der Waals surface area contributed by atoms with E-state index in [9.17, 15) is 14.4 Å². The van der Waals surface area contributed by atoms with Crippen molar-refractivity contribution >= 4 is 23.1 Å². The molecule has 0 radical (unpaired) electrons. The quantitative estimate of drug-likeness (QED) is 0.589. The van der Waals surface area contributed by atoms with Crippen LogP contribution in [0.5, 0.6) is 5.75 Å². The van der Waals surface area contributed by atoms with E-state index >= 15 is 0 Å². The SMILES string of the molecule is COc1cccc(N2CC(C(=O)NCCCn3nc4ccccn4c3=O)CC2=O)c1. The Hall–Kier alpha value is -3.62. The number of hydrogen-bond donors (Lipinski definition) is 1. The average Bonchev–Trinajstić information content (AvgIpc) is 3.31. The molecule has 2 aromatic heterocycles. The molecule has 156 valence electrons. The molecule has 1 aromatic carbocycles. The molecule has 1 unspecified atom stereocenters. The van der Waals surface area contributed by atoms with E-state index in [1.54, 1.807) is 36.4 Å². The number of nitrogens with zero attached hydrogens (tertiary/aromatic N) is 4. The van der Waals surface area contributed by atoms with Gasteiger partial charge in [-0.05, 0) is 30.7 Å². The van der Waals surface area contributed by atoms with Crippen LogP contribution >= 0.6 is 0 Å².